The van der Waals surface area contributed by atoms with E-state index in [1.54, 1.807) is 6.92 Å². The molecule has 0 unspecified atom stereocenters. The molecule has 0 saturated heterocycles. The van der Waals surface area contributed by atoms with E-state index in [2.05, 4.69) is 10.2 Å². The van der Waals surface area contributed by atoms with Gasteiger partial charge in [-0.1, -0.05) is 6.92 Å². The molecule has 0 radical (unpaired) electrons. The maximum absolute atomic E-state index is 12.6. The molecule has 0 amide bonds. The van der Waals surface area contributed by atoms with Gasteiger partial charge in [-0.2, -0.15) is 9.40 Å². The van der Waals surface area contributed by atoms with Gasteiger partial charge in [0, 0.05) is 18.6 Å². The van der Waals surface area contributed by atoms with E-state index in [4.69, 9.17) is 5.73 Å². The summed E-state index contributed by atoms with van der Waals surface area (Å²) in [5.41, 5.74) is 5.63. The Morgan fingerprint density at radius 1 is 1.50 bits per heavy atom. The van der Waals surface area contributed by atoms with Gasteiger partial charge in [-0.05, 0) is 27.2 Å². The van der Waals surface area contributed by atoms with Crippen molar-refractivity contribution in [2.75, 3.05) is 13.1 Å². The van der Waals surface area contributed by atoms with Gasteiger partial charge in [-0.3, -0.25) is 5.10 Å². The Morgan fingerprint density at radius 3 is 2.50 bits per heavy atom. The Labute approximate surface area is 109 Å². The molecule has 18 heavy (non-hydrogen) atoms. The van der Waals surface area contributed by atoms with Crippen LogP contribution in [0.4, 0.5) is 0 Å². The lowest BCUT2D eigenvalue weighted by Crippen LogP contribution is -2.52. The summed E-state index contributed by atoms with van der Waals surface area (Å²) >= 11 is 0. The molecule has 0 spiro atoms. The molecule has 0 aromatic carbocycles. The van der Waals surface area contributed by atoms with E-state index < -0.39 is 15.6 Å². The van der Waals surface area contributed by atoms with Crippen LogP contribution < -0.4 is 5.73 Å². The summed E-state index contributed by atoms with van der Waals surface area (Å²) in [4.78, 5) is 0.220. The Bertz CT molecular complexity index is 493. The first-order valence-electron chi connectivity index (χ1n) is 6.00. The Balaban J connectivity index is 3.26. The van der Waals surface area contributed by atoms with Gasteiger partial charge in [0.1, 0.15) is 4.90 Å². The highest BCUT2D eigenvalue weighted by atomic mass is 32.2. The minimum Gasteiger partial charge on any atom is -0.329 e. The first-order valence-corrected chi connectivity index (χ1v) is 7.44. The van der Waals surface area contributed by atoms with Crippen molar-refractivity contribution in [2.45, 2.75) is 44.6 Å². The van der Waals surface area contributed by atoms with Gasteiger partial charge in [0.2, 0.25) is 10.0 Å². The number of aryl methyl sites for hydroxylation is 1. The van der Waals surface area contributed by atoms with Crippen LogP contribution in [0.5, 0.6) is 0 Å². The van der Waals surface area contributed by atoms with Crippen LogP contribution in [0.25, 0.3) is 0 Å². The van der Waals surface area contributed by atoms with Crippen LogP contribution in [0.15, 0.2) is 11.1 Å². The predicted octanol–water partition coefficient (Wildman–Crippen LogP) is 0.856. The number of rotatable bonds is 6. The molecule has 104 valence electrons. The summed E-state index contributed by atoms with van der Waals surface area (Å²) < 4.78 is 26.7. The zero-order valence-corrected chi connectivity index (χ0v) is 12.2. The number of H-pyrrole nitrogens is 1. The number of nitrogens with two attached hydrogens (primary N) is 1. The summed E-state index contributed by atoms with van der Waals surface area (Å²) in [7, 11) is -3.56. The molecule has 0 saturated carbocycles. The fourth-order valence-electron chi connectivity index (χ4n) is 1.77. The molecule has 0 aliphatic heterocycles. The van der Waals surface area contributed by atoms with Gasteiger partial charge in [0.25, 0.3) is 0 Å². The van der Waals surface area contributed by atoms with E-state index >= 15 is 0 Å². The predicted molar refractivity (Wildman–Crippen MR) is 70.6 cm³/mol. The van der Waals surface area contributed by atoms with Crippen molar-refractivity contribution in [1.82, 2.24) is 14.5 Å². The quantitative estimate of drug-likeness (QED) is 0.804. The van der Waals surface area contributed by atoms with Gasteiger partial charge in [0.05, 0.1) is 11.9 Å². The van der Waals surface area contributed by atoms with Crippen LogP contribution in [0.1, 0.15) is 32.9 Å². The van der Waals surface area contributed by atoms with Gasteiger partial charge >= 0.3 is 0 Å². The van der Waals surface area contributed by atoms with E-state index in [0.717, 1.165) is 6.42 Å². The number of hydrogen-bond donors (Lipinski definition) is 2. The molecule has 1 aromatic rings. The fraction of sp³-hybridized carbons (Fsp3) is 0.727. The van der Waals surface area contributed by atoms with Crippen LogP contribution in [-0.4, -0.2) is 41.5 Å². The zero-order chi connectivity index (χ0) is 14.0. The molecule has 0 fully saturated rings. The topological polar surface area (TPSA) is 92.1 Å². The number of aromatic nitrogens is 2. The molecule has 3 N–H and O–H groups in total. The first kappa shape index (κ1) is 15.1. The van der Waals surface area contributed by atoms with E-state index in [0.29, 0.717) is 12.2 Å². The molecule has 0 bridgehead atoms. The molecule has 0 aliphatic carbocycles. The van der Waals surface area contributed by atoms with Crippen LogP contribution in [0, 0.1) is 6.92 Å². The van der Waals surface area contributed by atoms with Crippen molar-refractivity contribution in [3.8, 4) is 0 Å². The molecule has 0 atom stereocenters. The first-order chi connectivity index (χ1) is 8.27. The van der Waals surface area contributed by atoms with E-state index in [-0.39, 0.29) is 11.4 Å². The van der Waals surface area contributed by atoms with E-state index in [9.17, 15) is 8.42 Å². The molecule has 1 aromatic heterocycles. The van der Waals surface area contributed by atoms with E-state index in [1.165, 1.54) is 10.5 Å². The third-order valence-electron chi connectivity index (χ3n) is 2.95. The molecular formula is C11H22N4O2S. The standard InChI is InChI=1S/C11H22N4O2S/c1-5-6-15(11(3,4)8-12)18(16,17)10-7-13-14-9(10)2/h7H,5-6,8,12H2,1-4H3,(H,13,14). The van der Waals surface area contributed by atoms with Crippen molar-refractivity contribution in [3.05, 3.63) is 11.9 Å². The third-order valence-corrected chi connectivity index (χ3v) is 5.18. The fourth-order valence-corrected chi connectivity index (χ4v) is 3.78. The minimum absolute atomic E-state index is 0.220. The Morgan fingerprint density at radius 2 is 2.11 bits per heavy atom. The molecule has 1 rings (SSSR count). The SMILES string of the molecule is CCCN(C(C)(C)CN)S(=O)(=O)c1cn[nH]c1C. The zero-order valence-electron chi connectivity index (χ0n) is 11.4. The van der Waals surface area contributed by atoms with Crippen molar-refractivity contribution in [2.24, 2.45) is 5.73 Å². The highest BCUT2D eigenvalue weighted by Crippen LogP contribution is 2.25. The maximum atomic E-state index is 12.6. The summed E-state index contributed by atoms with van der Waals surface area (Å²) in [6, 6.07) is 0. The average molecular weight is 274 g/mol. The lowest BCUT2D eigenvalue weighted by molar-refractivity contribution is 0.235. The largest absolute Gasteiger partial charge is 0.329 e. The summed E-state index contributed by atoms with van der Waals surface area (Å²) in [5, 5.41) is 6.43. The highest BCUT2D eigenvalue weighted by molar-refractivity contribution is 7.89. The highest BCUT2D eigenvalue weighted by Gasteiger charge is 2.36. The number of aromatic amines is 1. The number of hydrogen-bond acceptors (Lipinski definition) is 4. The van der Waals surface area contributed by atoms with Gasteiger partial charge in [0.15, 0.2) is 0 Å². The second kappa shape index (κ2) is 5.38. The summed E-state index contributed by atoms with van der Waals surface area (Å²) in [6.07, 6.45) is 2.08. The van der Waals surface area contributed by atoms with Crippen LogP contribution >= 0.6 is 0 Å². The Hall–Kier alpha value is -0.920. The minimum atomic E-state index is -3.56. The molecule has 7 heteroatoms. The van der Waals surface area contributed by atoms with Crippen LogP contribution in [0.3, 0.4) is 0 Å². The third kappa shape index (κ3) is 2.73. The summed E-state index contributed by atoms with van der Waals surface area (Å²) in [6.45, 7) is 8.00. The van der Waals surface area contributed by atoms with Gasteiger partial charge in [-0.15, -0.1) is 0 Å². The van der Waals surface area contributed by atoms with Crippen molar-refractivity contribution >= 4 is 10.0 Å². The molecule has 0 aliphatic rings. The normalized spacial score (nSPS) is 13.2. The average Bonchev–Trinajstić information content (AvgIpc) is 2.72. The number of sulfonamides is 1. The lowest BCUT2D eigenvalue weighted by Gasteiger charge is -2.36. The van der Waals surface area contributed by atoms with Gasteiger partial charge < -0.3 is 5.73 Å². The molecule has 6 nitrogen and oxygen atoms in total. The lowest BCUT2D eigenvalue weighted by atomic mass is 10.1. The van der Waals surface area contributed by atoms with Crippen molar-refractivity contribution < 1.29 is 8.42 Å². The molecule has 1 heterocycles. The molecular weight excluding hydrogens is 252 g/mol. The maximum Gasteiger partial charge on any atom is 0.246 e. The smallest absolute Gasteiger partial charge is 0.246 e. The van der Waals surface area contributed by atoms with Crippen molar-refractivity contribution in [3.63, 3.8) is 0 Å². The second-order valence-electron chi connectivity index (χ2n) is 4.95. The second-order valence-corrected chi connectivity index (χ2v) is 6.78. The number of nitrogens with one attached hydrogen (secondary N) is 1. The van der Waals surface area contributed by atoms with Crippen LogP contribution in [0.2, 0.25) is 0 Å². The van der Waals surface area contributed by atoms with Crippen molar-refractivity contribution in [1.29, 1.82) is 0 Å². The van der Waals surface area contributed by atoms with Crippen LogP contribution in [-0.2, 0) is 10.0 Å². The van der Waals surface area contributed by atoms with Gasteiger partial charge in [-0.25, -0.2) is 8.42 Å². The Kier molecular flexibility index (Phi) is 4.52. The van der Waals surface area contributed by atoms with E-state index in [1.807, 2.05) is 20.8 Å². The monoisotopic (exact) mass is 274 g/mol. The summed E-state index contributed by atoms with van der Waals surface area (Å²) in [5.74, 6) is 0. The number of nitrogens with zero attached hydrogens (tertiary/aromatic N) is 2.